The highest BCUT2D eigenvalue weighted by molar-refractivity contribution is 7.87. The molecule has 17 nitrogen and oxygen atoms in total. The summed E-state index contributed by atoms with van der Waals surface area (Å²) in [5, 5.41) is 18.5. The van der Waals surface area contributed by atoms with Gasteiger partial charge in [-0.25, -0.2) is 9.52 Å². The topological polar surface area (TPSA) is 207 Å². The number of carbonyl (C=O) groups excluding carboxylic acids is 4. The number of tetrazole rings is 1. The third-order valence-corrected chi connectivity index (χ3v) is 11.8. The largest absolute Gasteiger partial charge is 0.497 e. The summed E-state index contributed by atoms with van der Waals surface area (Å²) in [5.74, 6) is -1.65. The molecule has 2 saturated heterocycles. The van der Waals surface area contributed by atoms with Gasteiger partial charge in [0, 0.05) is 37.5 Å². The van der Waals surface area contributed by atoms with E-state index >= 15 is 0 Å². The second-order valence-electron chi connectivity index (χ2n) is 15.0. The Hall–Kier alpha value is -4.58. The van der Waals surface area contributed by atoms with Gasteiger partial charge in [0.2, 0.25) is 17.6 Å². The minimum absolute atomic E-state index is 0.0192. The molecule has 2 aliphatic heterocycles. The van der Waals surface area contributed by atoms with E-state index in [9.17, 15) is 27.6 Å². The third-order valence-electron chi connectivity index (χ3n) is 10.3. The fraction of sp³-hybridized carbons (Fsp3) is 0.618. The van der Waals surface area contributed by atoms with Crippen LogP contribution < -0.4 is 20.1 Å². The Morgan fingerprint density at radius 1 is 1.08 bits per heavy atom. The van der Waals surface area contributed by atoms with E-state index in [0.717, 1.165) is 19.3 Å². The van der Waals surface area contributed by atoms with Crippen molar-refractivity contribution < 1.29 is 37.1 Å². The molecule has 4 aliphatic rings. The number of methoxy groups -OCH3 is 1. The normalized spacial score (nSPS) is 25.5. The number of hydrogen-bond acceptors (Lipinski definition) is 11. The second-order valence-corrected chi connectivity index (χ2v) is 16.7. The fourth-order valence-electron chi connectivity index (χ4n) is 6.85. The number of aromatic nitrogens is 4. The van der Waals surface area contributed by atoms with Crippen LogP contribution in [-0.2, 0) is 29.3 Å². The molecular weight excluding hydrogens is 694 g/mol. The predicted molar refractivity (Wildman–Crippen MR) is 187 cm³/mol. The number of alkyl carbamates (subject to hydrolysis) is 1. The van der Waals surface area contributed by atoms with Gasteiger partial charge in [-0.15, -0.1) is 16.8 Å². The van der Waals surface area contributed by atoms with Gasteiger partial charge in [0.05, 0.1) is 13.2 Å². The van der Waals surface area contributed by atoms with Crippen LogP contribution in [0.15, 0.2) is 36.9 Å². The first kappa shape index (κ1) is 37.2. The minimum Gasteiger partial charge on any atom is -0.497 e. The minimum atomic E-state index is -4.13. The molecule has 5 atom stereocenters. The van der Waals surface area contributed by atoms with E-state index < -0.39 is 69.0 Å². The average Bonchev–Trinajstić information content (AvgIpc) is 3.58. The van der Waals surface area contributed by atoms with Crippen LogP contribution in [0.1, 0.15) is 71.8 Å². The van der Waals surface area contributed by atoms with Crippen LogP contribution in [-0.4, -0.2) is 112 Å². The predicted octanol–water partition coefficient (Wildman–Crippen LogP) is 1.70. The number of ether oxygens (including phenoxy) is 2. The molecule has 282 valence electrons. The molecule has 18 heteroatoms. The van der Waals surface area contributed by atoms with E-state index in [4.69, 9.17) is 9.47 Å². The fourth-order valence-corrected chi connectivity index (χ4v) is 8.14. The number of hydrogen-bond donors (Lipinski definition) is 3. The Labute approximate surface area is 303 Å². The van der Waals surface area contributed by atoms with Crippen molar-refractivity contribution in [3.63, 3.8) is 0 Å². The molecule has 1 aromatic carbocycles. The van der Waals surface area contributed by atoms with Crippen LogP contribution in [0.4, 0.5) is 4.79 Å². The number of carbonyl (C=O) groups is 4. The molecule has 3 N–H and O–H groups in total. The lowest BCUT2D eigenvalue weighted by molar-refractivity contribution is -0.143. The van der Waals surface area contributed by atoms with Gasteiger partial charge in [0.1, 0.15) is 29.5 Å². The van der Waals surface area contributed by atoms with E-state index in [1.54, 1.807) is 52.1 Å². The van der Waals surface area contributed by atoms with Crippen LogP contribution in [0, 0.1) is 11.3 Å². The smallest absolute Gasteiger partial charge is 0.408 e. The van der Waals surface area contributed by atoms with E-state index in [1.165, 1.54) is 20.1 Å². The van der Waals surface area contributed by atoms with E-state index in [0.29, 0.717) is 43.1 Å². The van der Waals surface area contributed by atoms with E-state index in [-0.39, 0.29) is 25.5 Å². The standard InChI is InChI=1S/C34H47N9O8S/c1-6-22-19-34(22,31(46)39-52(48,49)41-16-7-8-17-41)36-29(44)26-18-23(43-38-28(37-40-43)21-12-14-24(50-5)15-13-21)20-42(26)30(45)27(33(2,3)4)35-32(47)51-25-10-9-11-25/h6,12-15,22-23,25-27H,1,7-11,16-20H2,2-5H3,(H,35,47)(H,36,44)(H,39,46)/t22-,23-,26+,27-,34-/m1/s1. The van der Waals surface area contributed by atoms with Gasteiger partial charge in [-0.3, -0.25) is 14.4 Å². The number of nitrogens with zero attached hydrogens (tertiary/aromatic N) is 6. The zero-order chi connectivity index (χ0) is 37.4. The van der Waals surface area contributed by atoms with Crippen molar-refractivity contribution in [2.75, 3.05) is 26.7 Å². The van der Waals surface area contributed by atoms with Crippen LogP contribution in [0.5, 0.6) is 5.75 Å². The van der Waals surface area contributed by atoms with Crippen molar-refractivity contribution in [3.05, 3.63) is 36.9 Å². The monoisotopic (exact) mass is 741 g/mol. The van der Waals surface area contributed by atoms with Gasteiger partial charge >= 0.3 is 16.3 Å². The summed E-state index contributed by atoms with van der Waals surface area (Å²) in [6.45, 7) is 9.72. The molecule has 2 aliphatic carbocycles. The molecule has 0 spiro atoms. The molecular formula is C34H47N9O8S. The first-order chi connectivity index (χ1) is 24.6. The highest BCUT2D eigenvalue weighted by Gasteiger charge is 2.62. The van der Waals surface area contributed by atoms with Crippen molar-refractivity contribution in [2.45, 2.75) is 95.5 Å². The molecule has 1 aromatic heterocycles. The number of amides is 4. The second kappa shape index (κ2) is 14.4. The summed E-state index contributed by atoms with van der Waals surface area (Å²) >= 11 is 0. The number of benzene rings is 1. The maximum Gasteiger partial charge on any atom is 0.408 e. The van der Waals surface area contributed by atoms with Crippen LogP contribution in [0.3, 0.4) is 0 Å². The number of nitrogens with one attached hydrogen (secondary N) is 3. The summed E-state index contributed by atoms with van der Waals surface area (Å²) in [4.78, 5) is 58.0. The SMILES string of the molecule is C=C[C@@H]1C[C@]1(NC(=O)[C@@H]1C[C@@H](n2nnc(-c3ccc(OC)cc3)n2)CN1C(=O)[C@@H](NC(=O)OC1CCC1)C(C)(C)C)C(=O)NS(=O)(=O)N1CCCC1. The Kier molecular flexibility index (Phi) is 10.3. The van der Waals surface area contributed by atoms with Crippen LogP contribution in [0.25, 0.3) is 11.4 Å². The van der Waals surface area contributed by atoms with Crippen LogP contribution >= 0.6 is 0 Å². The van der Waals surface area contributed by atoms with Crippen molar-refractivity contribution in [1.82, 2.24) is 44.8 Å². The molecule has 0 bridgehead atoms. The molecule has 0 radical (unpaired) electrons. The lowest BCUT2D eigenvalue weighted by Crippen LogP contribution is -2.60. The van der Waals surface area contributed by atoms with Gasteiger partial charge in [0.15, 0.2) is 0 Å². The summed E-state index contributed by atoms with van der Waals surface area (Å²) in [5.41, 5.74) is -1.70. The molecule has 2 aromatic rings. The van der Waals surface area contributed by atoms with Gasteiger partial charge in [-0.1, -0.05) is 26.8 Å². The van der Waals surface area contributed by atoms with Gasteiger partial charge in [-0.2, -0.15) is 17.5 Å². The Balaban J connectivity index is 1.26. The molecule has 4 fully saturated rings. The highest BCUT2D eigenvalue weighted by Crippen LogP contribution is 2.45. The first-order valence-electron chi connectivity index (χ1n) is 17.6. The molecule has 3 heterocycles. The molecule has 52 heavy (non-hydrogen) atoms. The Morgan fingerprint density at radius 2 is 1.77 bits per heavy atom. The number of likely N-dealkylation sites (tertiary alicyclic amines) is 1. The van der Waals surface area contributed by atoms with Crippen molar-refractivity contribution >= 4 is 34.0 Å². The van der Waals surface area contributed by atoms with Crippen molar-refractivity contribution in [2.24, 2.45) is 11.3 Å². The lowest BCUT2D eigenvalue weighted by atomic mass is 9.85. The Morgan fingerprint density at radius 3 is 2.35 bits per heavy atom. The van der Waals surface area contributed by atoms with Crippen molar-refractivity contribution in [1.29, 1.82) is 0 Å². The van der Waals surface area contributed by atoms with Gasteiger partial charge in [-0.05, 0) is 73.4 Å². The quantitative estimate of drug-likeness (QED) is 0.267. The number of rotatable bonds is 12. The van der Waals surface area contributed by atoms with Crippen molar-refractivity contribution in [3.8, 4) is 17.1 Å². The molecule has 4 amide bonds. The summed E-state index contributed by atoms with van der Waals surface area (Å²) in [7, 11) is -2.57. The summed E-state index contributed by atoms with van der Waals surface area (Å²) in [6.07, 6.45) is 4.56. The molecule has 0 unspecified atom stereocenters. The maximum atomic E-state index is 14.5. The van der Waals surface area contributed by atoms with Gasteiger partial charge < -0.3 is 25.0 Å². The Bertz CT molecular complexity index is 1800. The van der Waals surface area contributed by atoms with E-state index in [1.807, 2.05) is 0 Å². The van der Waals surface area contributed by atoms with E-state index in [2.05, 4.69) is 37.3 Å². The van der Waals surface area contributed by atoms with Crippen LogP contribution in [0.2, 0.25) is 0 Å². The maximum absolute atomic E-state index is 14.5. The summed E-state index contributed by atoms with van der Waals surface area (Å²) < 4.78 is 40.1. The molecule has 6 rings (SSSR count). The highest BCUT2D eigenvalue weighted by atomic mass is 32.2. The lowest BCUT2D eigenvalue weighted by Gasteiger charge is -2.36. The average molecular weight is 742 g/mol. The zero-order valence-corrected chi connectivity index (χ0v) is 30.7. The zero-order valence-electron chi connectivity index (χ0n) is 29.9. The molecule has 2 saturated carbocycles. The third kappa shape index (κ3) is 7.62. The summed E-state index contributed by atoms with van der Waals surface area (Å²) in [6, 6.07) is 4.24. The first-order valence-corrected chi connectivity index (χ1v) is 19.1. The van der Waals surface area contributed by atoms with Gasteiger partial charge in [0.25, 0.3) is 5.91 Å².